The van der Waals surface area contributed by atoms with E-state index in [1.807, 2.05) is 0 Å². The predicted octanol–water partition coefficient (Wildman–Crippen LogP) is 3.60. The van der Waals surface area contributed by atoms with Gasteiger partial charge < -0.3 is 14.2 Å². The van der Waals surface area contributed by atoms with E-state index < -0.39 is 5.91 Å². The molecule has 176 valence electrons. The average molecular weight is 509 g/mol. The molecule has 0 radical (unpaired) electrons. The lowest BCUT2D eigenvalue weighted by molar-refractivity contribution is -0.126. The van der Waals surface area contributed by atoms with Crippen molar-refractivity contribution in [2.45, 2.75) is 20.3 Å². The monoisotopic (exact) mass is 508 g/mol. The minimum Gasteiger partial charge on any atom is -0.493 e. The maximum atomic E-state index is 12.9. The second-order valence-electron chi connectivity index (χ2n) is 7.37. The van der Waals surface area contributed by atoms with Gasteiger partial charge in [0.1, 0.15) is 15.9 Å². The number of ether oxygens (including phenoxy) is 3. The van der Waals surface area contributed by atoms with Gasteiger partial charge in [0.05, 0.1) is 26.2 Å². The number of thiocarbonyl (C=S) groups is 1. The first-order chi connectivity index (χ1) is 15.7. The number of nitrogens with one attached hydrogen (secondary N) is 1. The summed E-state index contributed by atoms with van der Waals surface area (Å²) in [6, 6.07) is 3.45. The van der Waals surface area contributed by atoms with Crippen LogP contribution in [0.25, 0.3) is 6.08 Å². The van der Waals surface area contributed by atoms with Crippen LogP contribution in [0.15, 0.2) is 17.0 Å². The van der Waals surface area contributed by atoms with Gasteiger partial charge in [0.15, 0.2) is 11.5 Å². The van der Waals surface area contributed by atoms with Crippen molar-refractivity contribution in [2.24, 2.45) is 5.92 Å². The highest BCUT2D eigenvalue weighted by atomic mass is 32.2. The molecule has 33 heavy (non-hydrogen) atoms. The van der Waals surface area contributed by atoms with Crippen LogP contribution in [-0.4, -0.2) is 59.1 Å². The number of methoxy groups -OCH3 is 3. The molecule has 2 aromatic rings. The number of thioether (sulfide) groups is 1. The fraction of sp³-hybridized carbons (Fsp3) is 0.381. The smallest absolute Gasteiger partial charge is 0.266 e. The quantitative estimate of drug-likeness (QED) is 0.402. The van der Waals surface area contributed by atoms with Crippen LogP contribution in [0.2, 0.25) is 0 Å². The highest BCUT2D eigenvalue weighted by Gasteiger charge is 2.33. The molecular formula is C21H24N4O5S3. The summed E-state index contributed by atoms with van der Waals surface area (Å²) in [6.45, 7) is 3.96. The molecule has 9 nitrogen and oxygen atoms in total. The Morgan fingerprint density at radius 1 is 1.18 bits per heavy atom. The number of rotatable bonds is 9. The van der Waals surface area contributed by atoms with Crippen LogP contribution >= 0.6 is 35.3 Å². The molecule has 1 N–H and O–H groups in total. The Hall–Kier alpha value is -2.70. The summed E-state index contributed by atoms with van der Waals surface area (Å²) in [7, 11) is 4.55. The van der Waals surface area contributed by atoms with E-state index in [1.54, 1.807) is 18.2 Å². The molecular weight excluding hydrogens is 484 g/mol. The Bertz CT molecular complexity index is 1070. The van der Waals surface area contributed by atoms with Gasteiger partial charge >= 0.3 is 0 Å². The van der Waals surface area contributed by atoms with Crippen molar-refractivity contribution in [3.63, 3.8) is 0 Å². The molecule has 1 saturated heterocycles. The minimum atomic E-state index is -0.396. The van der Waals surface area contributed by atoms with Crippen LogP contribution < -0.4 is 19.5 Å². The zero-order valence-electron chi connectivity index (χ0n) is 18.8. The standard InChI is InChI=1S/C21H24N4O5S3/c1-11(2)6-17-23-24-20(33-17)22-16(26)10-25-19(27)15(32-21(25)31)9-12-7-13(28-3)18(30-5)14(8-12)29-4/h7-9,11H,6,10H2,1-5H3,(H,22,24,26)/b15-9+. The van der Waals surface area contributed by atoms with E-state index in [9.17, 15) is 9.59 Å². The maximum Gasteiger partial charge on any atom is 0.266 e. The van der Waals surface area contributed by atoms with Crippen molar-refractivity contribution < 1.29 is 23.8 Å². The minimum absolute atomic E-state index is 0.212. The largest absolute Gasteiger partial charge is 0.493 e. The zero-order chi connectivity index (χ0) is 24.1. The number of carbonyl (C=O) groups excluding carboxylic acids is 2. The SMILES string of the molecule is COc1cc(/C=C2/SC(=S)N(CC(=O)Nc3nnc(CC(C)C)s3)C2=O)cc(OC)c1OC. The lowest BCUT2D eigenvalue weighted by atomic mass is 10.1. The molecule has 0 aliphatic carbocycles. The maximum absolute atomic E-state index is 12.9. The molecule has 0 atom stereocenters. The van der Waals surface area contributed by atoms with Crippen molar-refractivity contribution >= 4 is 62.7 Å². The topological polar surface area (TPSA) is 103 Å². The molecule has 0 bridgehead atoms. The number of nitrogens with zero attached hydrogens (tertiary/aromatic N) is 3. The van der Waals surface area contributed by atoms with Crippen LogP contribution in [0.4, 0.5) is 5.13 Å². The lowest BCUT2D eigenvalue weighted by Gasteiger charge is -2.13. The van der Waals surface area contributed by atoms with Crippen molar-refractivity contribution in [1.82, 2.24) is 15.1 Å². The first-order valence-electron chi connectivity index (χ1n) is 9.93. The normalized spacial score (nSPS) is 14.8. The second-order valence-corrected chi connectivity index (χ2v) is 10.1. The Morgan fingerprint density at radius 3 is 2.42 bits per heavy atom. The fourth-order valence-corrected chi connectivity index (χ4v) is 5.23. The van der Waals surface area contributed by atoms with Gasteiger partial charge in [-0.3, -0.25) is 19.8 Å². The number of benzene rings is 1. The Labute approximate surface area is 205 Å². The molecule has 0 spiro atoms. The first-order valence-corrected chi connectivity index (χ1v) is 12.0. The predicted molar refractivity (Wildman–Crippen MR) is 133 cm³/mol. The van der Waals surface area contributed by atoms with Crippen LogP contribution in [0.1, 0.15) is 24.4 Å². The van der Waals surface area contributed by atoms with Crippen LogP contribution in [0.3, 0.4) is 0 Å². The Balaban J connectivity index is 1.72. The van der Waals surface area contributed by atoms with Crippen LogP contribution in [-0.2, 0) is 16.0 Å². The van der Waals surface area contributed by atoms with E-state index in [0.717, 1.165) is 23.2 Å². The Morgan fingerprint density at radius 2 is 1.85 bits per heavy atom. The molecule has 1 aromatic heterocycles. The second kappa shape index (κ2) is 10.9. The molecule has 2 amide bonds. The Kier molecular flexibility index (Phi) is 8.27. The van der Waals surface area contributed by atoms with Crippen molar-refractivity contribution in [2.75, 3.05) is 33.2 Å². The van der Waals surface area contributed by atoms with Crippen molar-refractivity contribution in [3.05, 3.63) is 27.6 Å². The van der Waals surface area contributed by atoms with E-state index in [4.69, 9.17) is 26.4 Å². The molecule has 1 aromatic carbocycles. The molecule has 2 heterocycles. The number of hydrogen-bond acceptors (Lipinski definition) is 10. The molecule has 1 aliphatic heterocycles. The fourth-order valence-electron chi connectivity index (χ4n) is 3.01. The summed E-state index contributed by atoms with van der Waals surface area (Å²) in [5.74, 6) is 1.07. The first kappa shape index (κ1) is 24.9. The summed E-state index contributed by atoms with van der Waals surface area (Å²) in [5, 5.41) is 12.0. The zero-order valence-corrected chi connectivity index (χ0v) is 21.3. The highest BCUT2D eigenvalue weighted by Crippen LogP contribution is 2.40. The summed E-state index contributed by atoms with van der Waals surface area (Å²) >= 11 is 7.78. The van der Waals surface area contributed by atoms with E-state index in [0.29, 0.717) is 43.1 Å². The number of carbonyl (C=O) groups is 2. The van der Waals surface area contributed by atoms with Gasteiger partial charge in [0.2, 0.25) is 16.8 Å². The third-order valence-corrected chi connectivity index (χ3v) is 6.69. The van der Waals surface area contributed by atoms with Crippen LogP contribution in [0, 0.1) is 5.92 Å². The molecule has 12 heteroatoms. The van der Waals surface area contributed by atoms with Crippen LogP contribution in [0.5, 0.6) is 17.2 Å². The van der Waals surface area contributed by atoms with E-state index >= 15 is 0 Å². The highest BCUT2D eigenvalue weighted by molar-refractivity contribution is 8.26. The summed E-state index contributed by atoms with van der Waals surface area (Å²) in [5.41, 5.74) is 0.668. The van der Waals surface area contributed by atoms with Gasteiger partial charge in [-0.2, -0.15) is 0 Å². The van der Waals surface area contributed by atoms with Gasteiger partial charge in [0.25, 0.3) is 5.91 Å². The summed E-state index contributed by atoms with van der Waals surface area (Å²) < 4.78 is 16.3. The molecule has 3 rings (SSSR count). The molecule has 1 fully saturated rings. The summed E-state index contributed by atoms with van der Waals surface area (Å²) in [6.07, 6.45) is 2.46. The number of hydrogen-bond donors (Lipinski definition) is 1. The van der Waals surface area contributed by atoms with Crippen molar-refractivity contribution in [3.8, 4) is 17.2 Å². The lowest BCUT2D eigenvalue weighted by Crippen LogP contribution is -2.36. The van der Waals surface area contributed by atoms with Crippen molar-refractivity contribution in [1.29, 1.82) is 0 Å². The molecule has 1 aliphatic rings. The summed E-state index contributed by atoms with van der Waals surface area (Å²) in [4.78, 5) is 27.1. The van der Waals surface area contributed by atoms with Gasteiger partial charge in [-0.25, -0.2) is 0 Å². The third-order valence-electron chi connectivity index (χ3n) is 4.46. The van der Waals surface area contributed by atoms with E-state index in [1.165, 1.54) is 37.6 Å². The average Bonchev–Trinajstić information content (AvgIpc) is 3.31. The van der Waals surface area contributed by atoms with Gasteiger partial charge in [-0.1, -0.05) is 49.2 Å². The third kappa shape index (κ3) is 6.01. The van der Waals surface area contributed by atoms with E-state index in [-0.39, 0.29) is 12.5 Å². The number of aromatic nitrogens is 2. The van der Waals surface area contributed by atoms with Gasteiger partial charge in [-0.05, 0) is 29.7 Å². The number of anilines is 1. The molecule has 0 unspecified atom stereocenters. The van der Waals surface area contributed by atoms with Gasteiger partial charge in [-0.15, -0.1) is 10.2 Å². The molecule has 0 saturated carbocycles. The number of amides is 2. The van der Waals surface area contributed by atoms with E-state index in [2.05, 4.69) is 29.4 Å². The van der Waals surface area contributed by atoms with Gasteiger partial charge in [0, 0.05) is 6.42 Å².